The van der Waals surface area contributed by atoms with Crippen molar-refractivity contribution in [2.75, 3.05) is 11.4 Å². The summed E-state index contributed by atoms with van der Waals surface area (Å²) in [6, 6.07) is 5.00. The van der Waals surface area contributed by atoms with Crippen LogP contribution in [0.5, 0.6) is 0 Å². The summed E-state index contributed by atoms with van der Waals surface area (Å²) >= 11 is 9.60. The van der Waals surface area contributed by atoms with Gasteiger partial charge in [-0.2, -0.15) is 0 Å². The van der Waals surface area contributed by atoms with Gasteiger partial charge in [-0.25, -0.2) is 0 Å². The van der Waals surface area contributed by atoms with E-state index in [1.54, 1.807) is 11.0 Å². The molecule has 1 aliphatic carbocycles. The molecule has 1 saturated carbocycles. The van der Waals surface area contributed by atoms with E-state index in [0.717, 1.165) is 17.3 Å². The highest BCUT2D eigenvalue weighted by Gasteiger charge is 2.41. The van der Waals surface area contributed by atoms with E-state index in [4.69, 9.17) is 11.6 Å². The molecule has 0 aromatic heterocycles. The Morgan fingerprint density at radius 3 is 2.75 bits per heavy atom. The molecule has 2 aliphatic rings. The van der Waals surface area contributed by atoms with Gasteiger partial charge in [-0.3, -0.25) is 9.59 Å². The molecule has 1 unspecified atom stereocenters. The molecule has 0 spiro atoms. The molecule has 3 rings (SSSR count). The SMILES string of the molecule is O=C1CCN(c2cc(Br)ccc2Cl)C(=O)C(C2CC2)N1. The van der Waals surface area contributed by atoms with Crippen LogP contribution in [0, 0.1) is 5.92 Å². The molecule has 0 radical (unpaired) electrons. The Labute approximate surface area is 130 Å². The van der Waals surface area contributed by atoms with E-state index < -0.39 is 6.04 Å². The molecule has 4 nitrogen and oxygen atoms in total. The average molecular weight is 358 g/mol. The molecular weight excluding hydrogens is 344 g/mol. The number of nitrogens with zero attached hydrogens (tertiary/aromatic N) is 1. The summed E-state index contributed by atoms with van der Waals surface area (Å²) in [6.07, 6.45) is 2.30. The summed E-state index contributed by atoms with van der Waals surface area (Å²) in [4.78, 5) is 26.1. The van der Waals surface area contributed by atoms with Crippen molar-refractivity contribution in [1.29, 1.82) is 0 Å². The number of amides is 2. The van der Waals surface area contributed by atoms with Gasteiger partial charge in [-0.1, -0.05) is 27.5 Å². The summed E-state index contributed by atoms with van der Waals surface area (Å²) in [6.45, 7) is 0.365. The van der Waals surface area contributed by atoms with Gasteiger partial charge in [0.2, 0.25) is 11.8 Å². The van der Waals surface area contributed by atoms with Crippen LogP contribution in [0.15, 0.2) is 22.7 Å². The maximum absolute atomic E-state index is 12.7. The monoisotopic (exact) mass is 356 g/mol. The van der Waals surface area contributed by atoms with E-state index >= 15 is 0 Å². The van der Waals surface area contributed by atoms with Crippen LogP contribution in [0.3, 0.4) is 0 Å². The molecule has 1 N–H and O–H groups in total. The molecule has 1 aliphatic heterocycles. The van der Waals surface area contributed by atoms with Crippen LogP contribution >= 0.6 is 27.5 Å². The number of anilines is 1. The number of halogens is 2. The first-order valence-electron chi connectivity index (χ1n) is 6.62. The number of hydrogen-bond acceptors (Lipinski definition) is 2. The quantitative estimate of drug-likeness (QED) is 0.885. The van der Waals surface area contributed by atoms with E-state index in [9.17, 15) is 9.59 Å². The van der Waals surface area contributed by atoms with Crippen LogP contribution in [-0.4, -0.2) is 24.4 Å². The predicted molar refractivity (Wildman–Crippen MR) is 80.8 cm³/mol. The lowest BCUT2D eigenvalue weighted by Gasteiger charge is -2.25. The summed E-state index contributed by atoms with van der Waals surface area (Å²) < 4.78 is 0.858. The van der Waals surface area contributed by atoms with Crippen LogP contribution in [0.2, 0.25) is 5.02 Å². The van der Waals surface area contributed by atoms with Crippen LogP contribution in [0.1, 0.15) is 19.3 Å². The largest absolute Gasteiger partial charge is 0.344 e. The number of carbonyl (C=O) groups excluding carboxylic acids is 2. The number of benzene rings is 1. The Morgan fingerprint density at radius 1 is 1.30 bits per heavy atom. The van der Waals surface area contributed by atoms with Gasteiger partial charge in [0, 0.05) is 17.4 Å². The highest BCUT2D eigenvalue weighted by molar-refractivity contribution is 9.10. The van der Waals surface area contributed by atoms with E-state index in [1.165, 1.54) is 0 Å². The highest BCUT2D eigenvalue weighted by Crippen LogP contribution is 2.36. The third kappa shape index (κ3) is 2.69. The van der Waals surface area contributed by atoms with Crippen LogP contribution in [-0.2, 0) is 9.59 Å². The molecule has 1 aromatic carbocycles. The Morgan fingerprint density at radius 2 is 2.05 bits per heavy atom. The van der Waals surface area contributed by atoms with Crippen LogP contribution in [0.25, 0.3) is 0 Å². The van der Waals surface area contributed by atoms with E-state index in [1.807, 2.05) is 12.1 Å². The second kappa shape index (κ2) is 5.37. The summed E-state index contributed by atoms with van der Waals surface area (Å²) in [7, 11) is 0. The maximum Gasteiger partial charge on any atom is 0.249 e. The minimum atomic E-state index is -0.403. The van der Waals surface area contributed by atoms with Crippen LogP contribution in [0.4, 0.5) is 5.69 Å². The van der Waals surface area contributed by atoms with Gasteiger partial charge in [-0.15, -0.1) is 0 Å². The first-order valence-corrected chi connectivity index (χ1v) is 7.79. The molecular formula is C14H14BrClN2O2. The zero-order valence-corrected chi connectivity index (χ0v) is 13.1. The molecule has 1 atom stereocenters. The Bertz CT molecular complexity index is 574. The molecule has 1 heterocycles. The Balaban J connectivity index is 1.96. The minimum Gasteiger partial charge on any atom is -0.344 e. The number of rotatable bonds is 2. The third-order valence-corrected chi connectivity index (χ3v) is 4.52. The van der Waals surface area contributed by atoms with Crippen molar-refractivity contribution < 1.29 is 9.59 Å². The highest BCUT2D eigenvalue weighted by atomic mass is 79.9. The number of nitrogens with one attached hydrogen (secondary N) is 1. The Kier molecular flexibility index (Phi) is 3.73. The first kappa shape index (κ1) is 13.9. The van der Waals surface area contributed by atoms with Crippen molar-refractivity contribution in [3.8, 4) is 0 Å². The van der Waals surface area contributed by atoms with Crippen molar-refractivity contribution in [1.82, 2.24) is 5.32 Å². The summed E-state index contributed by atoms with van der Waals surface area (Å²) in [5.74, 6) is 0.153. The van der Waals surface area contributed by atoms with Crippen LogP contribution < -0.4 is 10.2 Å². The fourth-order valence-corrected chi connectivity index (χ4v) is 3.05. The smallest absolute Gasteiger partial charge is 0.249 e. The lowest BCUT2D eigenvalue weighted by Crippen LogP contribution is -2.46. The molecule has 1 aromatic rings. The van der Waals surface area contributed by atoms with Crippen molar-refractivity contribution in [2.24, 2.45) is 5.92 Å². The molecule has 106 valence electrons. The van der Waals surface area contributed by atoms with Gasteiger partial charge in [0.15, 0.2) is 0 Å². The van der Waals surface area contributed by atoms with Gasteiger partial charge < -0.3 is 10.2 Å². The second-order valence-corrected chi connectivity index (χ2v) is 6.54. The molecule has 2 amide bonds. The standard InChI is InChI=1S/C14H14BrClN2O2/c15-9-3-4-10(16)11(7-9)18-6-5-12(19)17-13(14(18)20)8-1-2-8/h3-4,7-8,13H,1-2,5-6H2,(H,17,19). The van der Waals surface area contributed by atoms with Crippen molar-refractivity contribution in [2.45, 2.75) is 25.3 Å². The third-order valence-electron chi connectivity index (χ3n) is 3.70. The zero-order valence-electron chi connectivity index (χ0n) is 10.7. The summed E-state index contributed by atoms with van der Waals surface area (Å²) in [5, 5.41) is 3.36. The van der Waals surface area contributed by atoms with Crippen molar-refractivity contribution >= 4 is 45.0 Å². The fourth-order valence-electron chi connectivity index (χ4n) is 2.48. The first-order chi connectivity index (χ1) is 9.56. The lowest BCUT2D eigenvalue weighted by molar-refractivity contribution is -0.126. The molecule has 2 fully saturated rings. The van der Waals surface area contributed by atoms with Gasteiger partial charge in [0.05, 0.1) is 10.7 Å². The Hall–Kier alpha value is -1.07. The van der Waals surface area contributed by atoms with E-state index in [-0.39, 0.29) is 17.7 Å². The van der Waals surface area contributed by atoms with Gasteiger partial charge in [0.1, 0.15) is 6.04 Å². The van der Waals surface area contributed by atoms with Gasteiger partial charge in [0.25, 0.3) is 0 Å². The molecule has 0 bridgehead atoms. The predicted octanol–water partition coefficient (Wildman–Crippen LogP) is 2.73. The van der Waals surface area contributed by atoms with Crippen molar-refractivity contribution in [3.05, 3.63) is 27.7 Å². The topological polar surface area (TPSA) is 49.4 Å². The minimum absolute atomic E-state index is 0.0571. The number of hydrogen-bond donors (Lipinski definition) is 1. The molecule has 20 heavy (non-hydrogen) atoms. The second-order valence-electron chi connectivity index (χ2n) is 5.22. The van der Waals surface area contributed by atoms with E-state index in [2.05, 4.69) is 21.2 Å². The fraction of sp³-hybridized carbons (Fsp3) is 0.429. The molecule has 1 saturated heterocycles. The lowest BCUT2D eigenvalue weighted by atomic mass is 10.1. The number of carbonyl (C=O) groups is 2. The zero-order chi connectivity index (χ0) is 14.3. The summed E-state index contributed by atoms with van der Waals surface area (Å²) in [5.41, 5.74) is 0.660. The van der Waals surface area contributed by atoms with Gasteiger partial charge in [-0.05, 0) is 37.0 Å². The average Bonchev–Trinajstić information content (AvgIpc) is 3.23. The molecule has 6 heteroatoms. The normalized spacial score (nSPS) is 23.5. The van der Waals surface area contributed by atoms with Gasteiger partial charge >= 0.3 is 0 Å². The maximum atomic E-state index is 12.7. The van der Waals surface area contributed by atoms with E-state index in [0.29, 0.717) is 23.7 Å². The van der Waals surface area contributed by atoms with Crippen molar-refractivity contribution in [3.63, 3.8) is 0 Å².